The summed E-state index contributed by atoms with van der Waals surface area (Å²) in [6.07, 6.45) is 1.83. The first kappa shape index (κ1) is 21.1. The Balaban J connectivity index is 2.09. The van der Waals surface area contributed by atoms with Crippen molar-refractivity contribution in [3.63, 3.8) is 0 Å². The maximum absolute atomic E-state index is 13.4. The first-order valence-electron chi connectivity index (χ1n) is 9.84. The summed E-state index contributed by atoms with van der Waals surface area (Å²) in [5.41, 5.74) is 3.50. The number of hydrogen-bond acceptors (Lipinski definition) is 4. The fourth-order valence-corrected chi connectivity index (χ4v) is 2.88. The van der Waals surface area contributed by atoms with E-state index in [-0.39, 0.29) is 11.5 Å². The van der Waals surface area contributed by atoms with Gasteiger partial charge in [0.1, 0.15) is 11.5 Å². The van der Waals surface area contributed by atoms with Gasteiger partial charge in [0.25, 0.3) is 0 Å². The Bertz CT molecular complexity index is 1030. The lowest BCUT2D eigenvalue weighted by Crippen LogP contribution is -2.19. The highest BCUT2D eigenvalue weighted by Gasteiger charge is 2.20. The lowest BCUT2D eigenvalue weighted by molar-refractivity contribution is 0.106. The van der Waals surface area contributed by atoms with Crippen LogP contribution in [-0.4, -0.2) is 25.2 Å². The third-order valence-corrected chi connectivity index (χ3v) is 4.47. The van der Waals surface area contributed by atoms with Crippen molar-refractivity contribution in [1.82, 2.24) is 0 Å². The average molecular weight is 399 g/mol. The summed E-state index contributed by atoms with van der Waals surface area (Å²) in [7, 11) is 1.63. The molecule has 0 aliphatic heterocycles. The van der Waals surface area contributed by atoms with Crippen molar-refractivity contribution in [2.24, 2.45) is 4.99 Å². The van der Waals surface area contributed by atoms with Crippen LogP contribution in [-0.2, 0) is 4.74 Å². The van der Waals surface area contributed by atoms with Crippen molar-refractivity contribution in [1.29, 1.82) is 0 Å². The van der Waals surface area contributed by atoms with Crippen molar-refractivity contribution in [2.75, 3.05) is 13.7 Å². The fourth-order valence-electron chi connectivity index (χ4n) is 2.88. The molecule has 0 saturated carbocycles. The quantitative estimate of drug-likeness (QED) is 0.264. The molecule has 0 spiro atoms. The van der Waals surface area contributed by atoms with Crippen molar-refractivity contribution in [2.45, 2.75) is 13.8 Å². The van der Waals surface area contributed by atoms with Crippen LogP contribution in [0.3, 0.4) is 0 Å². The maximum atomic E-state index is 13.4. The maximum Gasteiger partial charge on any atom is 0.215 e. The molecule has 0 fully saturated rings. The molecule has 0 bridgehead atoms. The second-order valence-electron chi connectivity index (χ2n) is 6.71. The van der Waals surface area contributed by atoms with Gasteiger partial charge in [0.2, 0.25) is 5.78 Å². The molecule has 0 atom stereocenters. The van der Waals surface area contributed by atoms with E-state index in [0.29, 0.717) is 23.6 Å². The summed E-state index contributed by atoms with van der Waals surface area (Å²) in [6, 6.07) is 24.4. The normalized spacial score (nSPS) is 11.8. The van der Waals surface area contributed by atoms with Crippen LogP contribution in [0.25, 0.3) is 6.08 Å². The summed E-state index contributed by atoms with van der Waals surface area (Å²) in [4.78, 5) is 18.1. The molecule has 3 aromatic carbocycles. The number of aryl methyl sites for hydroxylation is 1. The van der Waals surface area contributed by atoms with E-state index in [1.807, 2.05) is 98.8 Å². The van der Waals surface area contributed by atoms with Crippen molar-refractivity contribution in [3.8, 4) is 5.75 Å². The Hall–Kier alpha value is -3.66. The second-order valence-corrected chi connectivity index (χ2v) is 6.71. The highest BCUT2D eigenvalue weighted by atomic mass is 16.5. The minimum absolute atomic E-state index is 0.188. The van der Waals surface area contributed by atoms with E-state index in [2.05, 4.69) is 4.99 Å². The highest BCUT2D eigenvalue weighted by molar-refractivity contribution is 6.51. The van der Waals surface area contributed by atoms with Crippen molar-refractivity contribution >= 4 is 23.3 Å². The van der Waals surface area contributed by atoms with Gasteiger partial charge in [0.05, 0.1) is 19.4 Å². The molecule has 30 heavy (non-hydrogen) atoms. The van der Waals surface area contributed by atoms with E-state index >= 15 is 0 Å². The van der Waals surface area contributed by atoms with Gasteiger partial charge in [0.15, 0.2) is 5.71 Å². The predicted octanol–water partition coefficient (Wildman–Crippen LogP) is 6.04. The molecule has 0 radical (unpaired) electrons. The number of benzene rings is 3. The van der Waals surface area contributed by atoms with Crippen LogP contribution in [0.4, 0.5) is 5.69 Å². The monoisotopic (exact) mass is 399 g/mol. The van der Waals surface area contributed by atoms with Gasteiger partial charge in [-0.1, -0.05) is 60.2 Å². The summed E-state index contributed by atoms with van der Waals surface area (Å²) in [6.45, 7) is 4.29. The van der Waals surface area contributed by atoms with Gasteiger partial charge in [-0.25, -0.2) is 4.99 Å². The highest BCUT2D eigenvalue weighted by Crippen LogP contribution is 2.20. The van der Waals surface area contributed by atoms with Crippen LogP contribution in [0.1, 0.15) is 28.4 Å². The smallest absolute Gasteiger partial charge is 0.215 e. The average Bonchev–Trinajstić information content (AvgIpc) is 2.78. The first-order chi connectivity index (χ1) is 14.6. The van der Waals surface area contributed by atoms with E-state index in [4.69, 9.17) is 9.47 Å². The number of aliphatic imine (C=N–C) groups is 1. The van der Waals surface area contributed by atoms with Crippen LogP contribution in [0.5, 0.6) is 5.75 Å². The van der Waals surface area contributed by atoms with Gasteiger partial charge in [-0.3, -0.25) is 4.79 Å². The molecule has 3 rings (SSSR count). The number of methoxy groups -OCH3 is 1. The molecule has 0 aliphatic carbocycles. The molecule has 4 nitrogen and oxygen atoms in total. The molecule has 152 valence electrons. The van der Waals surface area contributed by atoms with Gasteiger partial charge < -0.3 is 9.47 Å². The number of carbonyl (C=O) groups excluding carboxylic acids is 1. The van der Waals surface area contributed by atoms with Gasteiger partial charge in [-0.15, -0.1) is 0 Å². The molecule has 0 aromatic heterocycles. The van der Waals surface area contributed by atoms with Crippen molar-refractivity contribution in [3.05, 3.63) is 101 Å². The van der Waals surface area contributed by atoms with Crippen LogP contribution in [0, 0.1) is 6.92 Å². The van der Waals surface area contributed by atoms with Crippen LogP contribution in [0.15, 0.2) is 89.6 Å². The van der Waals surface area contributed by atoms with E-state index in [1.165, 1.54) is 0 Å². The lowest BCUT2D eigenvalue weighted by atomic mass is 10.0. The topological polar surface area (TPSA) is 47.9 Å². The van der Waals surface area contributed by atoms with Crippen molar-refractivity contribution < 1.29 is 14.3 Å². The Morgan fingerprint density at radius 3 is 2.20 bits per heavy atom. The molecule has 0 N–H and O–H groups in total. The molecule has 3 aromatic rings. The van der Waals surface area contributed by atoms with Crippen LogP contribution in [0.2, 0.25) is 0 Å². The summed E-state index contributed by atoms with van der Waals surface area (Å²) < 4.78 is 11.1. The molecular weight excluding hydrogens is 374 g/mol. The van der Waals surface area contributed by atoms with Gasteiger partial charge in [0, 0.05) is 5.56 Å². The number of ketones is 1. The number of allylic oxidation sites excluding steroid dienone is 1. The minimum Gasteiger partial charge on any atom is -0.497 e. The molecule has 4 heteroatoms. The fraction of sp³-hybridized carbons (Fsp3) is 0.154. The van der Waals surface area contributed by atoms with Gasteiger partial charge in [-0.2, -0.15) is 0 Å². The number of rotatable bonds is 8. The zero-order valence-electron chi connectivity index (χ0n) is 17.5. The van der Waals surface area contributed by atoms with E-state index in [0.717, 1.165) is 16.9 Å². The predicted molar refractivity (Wildman–Crippen MR) is 122 cm³/mol. The zero-order chi connectivity index (χ0) is 21.3. The lowest BCUT2D eigenvalue weighted by Gasteiger charge is -2.12. The third kappa shape index (κ3) is 5.45. The Morgan fingerprint density at radius 2 is 1.60 bits per heavy atom. The first-order valence-corrected chi connectivity index (χ1v) is 9.84. The van der Waals surface area contributed by atoms with Crippen LogP contribution < -0.4 is 4.74 Å². The van der Waals surface area contributed by atoms with Crippen LogP contribution >= 0.6 is 0 Å². The summed E-state index contributed by atoms with van der Waals surface area (Å²) in [5.74, 6) is 1.00. The number of para-hydroxylation sites is 1. The number of ether oxygens (including phenoxy) is 2. The minimum atomic E-state index is -0.188. The standard InChI is InChI=1S/C26H25NO3/c1-4-30-24(18-20-12-16-23(29-3)17-13-20)25(27-22-8-6-5-7-9-22)26(28)21-14-10-19(2)11-15-21/h5-18H,4H2,1-3H3/b24-18-,27-25?. The Kier molecular flexibility index (Phi) is 7.17. The Labute approximate surface area is 177 Å². The van der Waals surface area contributed by atoms with E-state index in [9.17, 15) is 4.79 Å². The second kappa shape index (κ2) is 10.2. The van der Waals surface area contributed by atoms with E-state index < -0.39 is 0 Å². The number of nitrogens with zero attached hydrogens (tertiary/aromatic N) is 1. The van der Waals surface area contributed by atoms with Gasteiger partial charge >= 0.3 is 0 Å². The summed E-state index contributed by atoms with van der Waals surface area (Å²) in [5, 5.41) is 0. The third-order valence-electron chi connectivity index (χ3n) is 4.47. The number of hydrogen-bond donors (Lipinski definition) is 0. The molecule has 0 amide bonds. The van der Waals surface area contributed by atoms with Gasteiger partial charge in [-0.05, 0) is 49.8 Å². The molecule has 0 saturated heterocycles. The molecule has 0 unspecified atom stereocenters. The Morgan fingerprint density at radius 1 is 0.933 bits per heavy atom. The molecular formula is C26H25NO3. The number of Topliss-reactive ketones (excluding diaryl/α,β-unsaturated/α-hetero) is 1. The zero-order valence-corrected chi connectivity index (χ0v) is 17.5. The molecule has 0 aliphatic rings. The molecule has 0 heterocycles. The summed E-state index contributed by atoms with van der Waals surface area (Å²) >= 11 is 0. The number of carbonyl (C=O) groups is 1. The van der Waals surface area contributed by atoms with E-state index in [1.54, 1.807) is 7.11 Å². The largest absolute Gasteiger partial charge is 0.497 e. The SMILES string of the molecule is CCO/C(=C\c1ccc(OC)cc1)C(=Nc1ccccc1)C(=O)c1ccc(C)cc1.